The smallest absolute Gasteiger partial charge is 0.407 e. The van der Waals surface area contributed by atoms with Gasteiger partial charge < -0.3 is 20.1 Å². The summed E-state index contributed by atoms with van der Waals surface area (Å²) in [6.07, 6.45) is 0.951. The third kappa shape index (κ3) is 5.58. The van der Waals surface area contributed by atoms with Gasteiger partial charge in [0.05, 0.1) is 5.69 Å². The van der Waals surface area contributed by atoms with Crippen molar-refractivity contribution in [2.45, 2.75) is 57.9 Å². The maximum absolute atomic E-state index is 12.4. The number of anilines is 1. The van der Waals surface area contributed by atoms with Gasteiger partial charge in [-0.3, -0.25) is 0 Å². The molecule has 2 rings (SSSR count). The van der Waals surface area contributed by atoms with Crippen LogP contribution in [-0.2, 0) is 4.74 Å². The summed E-state index contributed by atoms with van der Waals surface area (Å²) in [5, 5.41) is 5.94. The van der Waals surface area contributed by atoms with E-state index in [2.05, 4.69) is 15.4 Å². The minimum absolute atomic E-state index is 0.0190. The number of nitrogens with one attached hydrogen (secondary N) is 2. The highest BCUT2D eigenvalue weighted by Crippen LogP contribution is 2.30. The predicted octanol–water partition coefficient (Wildman–Crippen LogP) is 3.76. The van der Waals surface area contributed by atoms with Gasteiger partial charge in [0.2, 0.25) is 0 Å². The van der Waals surface area contributed by atoms with Crippen LogP contribution >= 0.6 is 0 Å². The number of rotatable bonds is 5. The molecule has 1 fully saturated rings. The Hall–Kier alpha value is -2.05. The van der Waals surface area contributed by atoms with Crippen molar-refractivity contribution in [1.82, 2.24) is 5.32 Å². The Labute approximate surface area is 134 Å². The van der Waals surface area contributed by atoms with Gasteiger partial charge in [-0.15, -0.1) is 0 Å². The highest BCUT2D eigenvalue weighted by atomic mass is 19.3. The molecule has 1 saturated carbocycles. The topological polar surface area (TPSA) is 59.6 Å². The van der Waals surface area contributed by atoms with Crippen molar-refractivity contribution in [3.63, 3.8) is 0 Å². The van der Waals surface area contributed by atoms with Gasteiger partial charge in [-0.2, -0.15) is 8.78 Å². The molecule has 7 heteroatoms. The largest absolute Gasteiger partial charge is 0.444 e. The SMILES string of the molecule is CC(C)(C)OC(=O)NC1CC(Nc2ccccc2OC(F)F)C1. The van der Waals surface area contributed by atoms with Gasteiger partial charge in [0.1, 0.15) is 11.4 Å². The van der Waals surface area contributed by atoms with Crippen molar-refractivity contribution < 1.29 is 23.0 Å². The Morgan fingerprint density at radius 3 is 2.48 bits per heavy atom. The summed E-state index contributed by atoms with van der Waals surface area (Å²) in [5.41, 5.74) is -0.00895. The van der Waals surface area contributed by atoms with Crippen LogP contribution < -0.4 is 15.4 Å². The standard InChI is InChI=1S/C16H22F2N2O3/c1-16(2,3)23-15(21)20-11-8-10(9-11)19-12-6-4-5-7-13(12)22-14(17)18/h4-7,10-11,14,19H,8-9H2,1-3H3,(H,20,21). The average Bonchev–Trinajstić information content (AvgIpc) is 2.35. The summed E-state index contributed by atoms with van der Waals surface area (Å²) in [4.78, 5) is 11.6. The van der Waals surface area contributed by atoms with Crippen molar-refractivity contribution in [2.24, 2.45) is 0 Å². The number of alkyl carbamates (subject to hydrolysis) is 1. The van der Waals surface area contributed by atoms with Gasteiger partial charge in [-0.1, -0.05) is 12.1 Å². The summed E-state index contributed by atoms with van der Waals surface area (Å²) < 4.78 is 34.4. The lowest BCUT2D eigenvalue weighted by molar-refractivity contribution is -0.0494. The number of carbonyl (C=O) groups excluding carboxylic acids is 1. The Morgan fingerprint density at radius 2 is 1.87 bits per heavy atom. The third-order valence-corrected chi connectivity index (χ3v) is 3.32. The number of para-hydroxylation sites is 2. The summed E-state index contributed by atoms with van der Waals surface area (Å²) in [6, 6.07) is 6.67. The fourth-order valence-electron chi connectivity index (χ4n) is 2.33. The number of hydrogen-bond donors (Lipinski definition) is 2. The van der Waals surface area contributed by atoms with Crippen molar-refractivity contribution in [2.75, 3.05) is 5.32 Å². The fourth-order valence-corrected chi connectivity index (χ4v) is 2.33. The molecule has 1 aliphatic rings. The second-order valence-electron chi connectivity index (χ2n) is 6.53. The van der Waals surface area contributed by atoms with E-state index < -0.39 is 18.3 Å². The number of carbonyl (C=O) groups is 1. The Kier molecular flexibility index (Phi) is 5.28. The number of amides is 1. The molecule has 0 aliphatic heterocycles. The Balaban J connectivity index is 1.79. The van der Waals surface area contributed by atoms with Crippen molar-refractivity contribution in [1.29, 1.82) is 0 Å². The fraction of sp³-hybridized carbons (Fsp3) is 0.562. The van der Waals surface area contributed by atoms with Gasteiger partial charge in [-0.25, -0.2) is 4.79 Å². The van der Waals surface area contributed by atoms with Gasteiger partial charge in [0, 0.05) is 12.1 Å². The van der Waals surface area contributed by atoms with Crippen LogP contribution in [0.3, 0.4) is 0 Å². The van der Waals surface area contributed by atoms with Gasteiger partial charge in [-0.05, 0) is 45.7 Å². The van der Waals surface area contributed by atoms with Crippen LogP contribution in [0.15, 0.2) is 24.3 Å². The maximum Gasteiger partial charge on any atom is 0.407 e. The van der Waals surface area contributed by atoms with Crippen molar-refractivity contribution in [3.8, 4) is 5.75 Å². The molecule has 1 aliphatic carbocycles. The summed E-state index contributed by atoms with van der Waals surface area (Å²) in [7, 11) is 0. The van der Waals surface area contributed by atoms with Crippen LogP contribution in [0.2, 0.25) is 0 Å². The third-order valence-electron chi connectivity index (χ3n) is 3.32. The van der Waals surface area contributed by atoms with E-state index in [4.69, 9.17) is 4.74 Å². The van der Waals surface area contributed by atoms with E-state index in [1.54, 1.807) is 39.0 Å². The molecule has 23 heavy (non-hydrogen) atoms. The molecule has 0 heterocycles. The monoisotopic (exact) mass is 328 g/mol. The molecule has 2 N–H and O–H groups in total. The lowest BCUT2D eigenvalue weighted by Crippen LogP contribution is -2.50. The van der Waals surface area contributed by atoms with Crippen molar-refractivity contribution in [3.05, 3.63) is 24.3 Å². The minimum atomic E-state index is -2.86. The molecule has 5 nitrogen and oxygen atoms in total. The molecule has 0 radical (unpaired) electrons. The zero-order valence-corrected chi connectivity index (χ0v) is 13.4. The van der Waals surface area contributed by atoms with Crippen LogP contribution in [0.1, 0.15) is 33.6 Å². The van der Waals surface area contributed by atoms with Crippen LogP contribution in [0, 0.1) is 0 Å². The van der Waals surface area contributed by atoms with E-state index in [9.17, 15) is 13.6 Å². The molecule has 1 aromatic rings. The van der Waals surface area contributed by atoms with Crippen LogP contribution in [0.25, 0.3) is 0 Å². The molecule has 1 amide bonds. The summed E-state index contributed by atoms with van der Waals surface area (Å²) in [6.45, 7) is 2.55. The minimum Gasteiger partial charge on any atom is -0.444 e. The number of alkyl halides is 2. The number of ether oxygens (including phenoxy) is 2. The number of hydrogen-bond acceptors (Lipinski definition) is 4. The lowest BCUT2D eigenvalue weighted by Gasteiger charge is -2.37. The molecule has 128 valence electrons. The highest BCUT2D eigenvalue weighted by molar-refractivity contribution is 5.68. The van der Waals surface area contributed by atoms with Gasteiger partial charge >= 0.3 is 12.7 Å². The molecule has 0 aromatic heterocycles. The molecule has 0 spiro atoms. The van der Waals surface area contributed by atoms with Crippen LogP contribution in [0.5, 0.6) is 5.75 Å². The highest BCUT2D eigenvalue weighted by Gasteiger charge is 2.32. The molecule has 0 unspecified atom stereocenters. The zero-order valence-electron chi connectivity index (χ0n) is 13.4. The first-order chi connectivity index (χ1) is 10.7. The van der Waals surface area contributed by atoms with E-state index >= 15 is 0 Å². The average molecular weight is 328 g/mol. The first-order valence-electron chi connectivity index (χ1n) is 7.53. The molecule has 0 atom stereocenters. The first-order valence-corrected chi connectivity index (χ1v) is 7.53. The molecule has 0 bridgehead atoms. The van der Waals surface area contributed by atoms with Crippen LogP contribution in [0.4, 0.5) is 19.3 Å². The summed E-state index contributed by atoms with van der Waals surface area (Å²) in [5.74, 6) is 0.117. The van der Waals surface area contributed by atoms with E-state index in [-0.39, 0.29) is 17.8 Å². The van der Waals surface area contributed by atoms with Gasteiger partial charge in [0.25, 0.3) is 0 Å². The second kappa shape index (κ2) is 7.02. The lowest BCUT2D eigenvalue weighted by atomic mass is 9.86. The normalized spacial score (nSPS) is 20.6. The Bertz CT molecular complexity index is 540. The van der Waals surface area contributed by atoms with E-state index in [0.717, 1.165) is 0 Å². The van der Waals surface area contributed by atoms with Crippen molar-refractivity contribution >= 4 is 11.8 Å². The second-order valence-corrected chi connectivity index (χ2v) is 6.53. The molecule has 1 aromatic carbocycles. The molecule has 0 saturated heterocycles. The zero-order chi connectivity index (χ0) is 17.0. The molecular formula is C16H22F2N2O3. The molecular weight excluding hydrogens is 306 g/mol. The van der Waals surface area contributed by atoms with E-state index in [0.29, 0.717) is 18.5 Å². The van der Waals surface area contributed by atoms with Gasteiger partial charge in [0.15, 0.2) is 0 Å². The Morgan fingerprint density at radius 1 is 1.22 bits per heavy atom. The maximum atomic E-state index is 12.4. The van der Waals surface area contributed by atoms with Crippen LogP contribution in [-0.4, -0.2) is 30.4 Å². The summed E-state index contributed by atoms with van der Waals surface area (Å²) >= 11 is 0. The first kappa shape index (κ1) is 17.3. The number of halogens is 2. The quantitative estimate of drug-likeness (QED) is 0.864. The predicted molar refractivity (Wildman–Crippen MR) is 82.9 cm³/mol. The van der Waals surface area contributed by atoms with E-state index in [1.165, 1.54) is 6.07 Å². The van der Waals surface area contributed by atoms with E-state index in [1.807, 2.05) is 0 Å². The number of benzene rings is 1.